The minimum Gasteiger partial charge on any atom is -0.464 e. The highest BCUT2D eigenvalue weighted by Gasteiger charge is 2.29. The Morgan fingerprint density at radius 2 is 1.80 bits per heavy atom. The number of nitrogens with zero attached hydrogens (tertiary/aromatic N) is 3. The van der Waals surface area contributed by atoms with Crippen molar-refractivity contribution in [3.05, 3.63) is 56.3 Å². The molecule has 2 aromatic rings. The van der Waals surface area contributed by atoms with Crippen LogP contribution in [-0.4, -0.2) is 85.1 Å². The van der Waals surface area contributed by atoms with Crippen molar-refractivity contribution in [2.24, 2.45) is 0 Å². The van der Waals surface area contributed by atoms with E-state index in [1.54, 1.807) is 30.5 Å². The van der Waals surface area contributed by atoms with Crippen molar-refractivity contribution in [2.45, 2.75) is 27.3 Å². The number of Topliss-reactive ketones (excluding diaryl/α,β-unsaturated/α-hetero) is 1. The third-order valence-corrected chi connectivity index (χ3v) is 7.06. The maximum absolute atomic E-state index is 13.6. The lowest BCUT2D eigenvalue weighted by molar-refractivity contribution is 0.0323. The molecule has 190 valence electrons. The van der Waals surface area contributed by atoms with E-state index in [0.29, 0.717) is 65.9 Å². The number of ether oxygens (including phenoxy) is 2. The van der Waals surface area contributed by atoms with Gasteiger partial charge < -0.3 is 18.9 Å². The van der Waals surface area contributed by atoms with Crippen molar-refractivity contribution in [1.82, 2.24) is 14.4 Å². The molecule has 1 aliphatic heterocycles. The molecule has 35 heavy (non-hydrogen) atoms. The van der Waals surface area contributed by atoms with Crippen LogP contribution < -0.4 is 0 Å². The number of morpholine rings is 1. The molecule has 1 saturated heterocycles. The molecular formula is C25H31Cl2N3O5. The van der Waals surface area contributed by atoms with Crippen molar-refractivity contribution in [1.29, 1.82) is 0 Å². The highest BCUT2D eigenvalue weighted by molar-refractivity contribution is 6.42. The predicted octanol–water partition coefficient (Wildman–Crippen LogP) is 3.88. The smallest absolute Gasteiger partial charge is 0.354 e. The molecule has 0 N–H and O–H groups in total. The van der Waals surface area contributed by atoms with Gasteiger partial charge in [0.05, 0.1) is 36.9 Å². The molecular weight excluding hydrogens is 493 g/mol. The van der Waals surface area contributed by atoms with Gasteiger partial charge >= 0.3 is 5.97 Å². The lowest BCUT2D eigenvalue weighted by atomic mass is 10.0. The van der Waals surface area contributed by atoms with E-state index >= 15 is 0 Å². The number of benzene rings is 1. The Morgan fingerprint density at radius 1 is 1.11 bits per heavy atom. The standard InChI is InChI=1S/C25H31Cl2N3O5/c1-5-30-17(3)22(16(2)23(30)25(33)34-4)21(31)15-29(9-8-28-10-12-35-13-11-28)24(32)18-6-7-19(26)20(27)14-18/h6-7,14H,5,8-13,15H2,1-4H3. The molecule has 0 saturated carbocycles. The molecule has 2 heterocycles. The third-order valence-electron chi connectivity index (χ3n) is 6.32. The number of rotatable bonds is 9. The molecule has 0 aliphatic carbocycles. The summed E-state index contributed by atoms with van der Waals surface area (Å²) in [6.07, 6.45) is 0. The number of esters is 1. The summed E-state index contributed by atoms with van der Waals surface area (Å²) in [6.45, 7) is 9.56. The van der Waals surface area contributed by atoms with Gasteiger partial charge in [-0.3, -0.25) is 14.5 Å². The molecule has 10 heteroatoms. The monoisotopic (exact) mass is 523 g/mol. The molecule has 0 bridgehead atoms. The number of amides is 1. The van der Waals surface area contributed by atoms with Gasteiger partial charge in [0.2, 0.25) is 0 Å². The van der Waals surface area contributed by atoms with Crippen LogP contribution in [0.4, 0.5) is 0 Å². The fourth-order valence-electron chi connectivity index (χ4n) is 4.46. The van der Waals surface area contributed by atoms with Crippen LogP contribution in [0.2, 0.25) is 10.0 Å². The van der Waals surface area contributed by atoms with Gasteiger partial charge in [-0.1, -0.05) is 23.2 Å². The topological polar surface area (TPSA) is 81.1 Å². The molecule has 0 unspecified atom stereocenters. The van der Waals surface area contributed by atoms with Crippen molar-refractivity contribution in [3.63, 3.8) is 0 Å². The predicted molar refractivity (Wildman–Crippen MR) is 135 cm³/mol. The highest BCUT2D eigenvalue weighted by Crippen LogP contribution is 2.26. The first-order valence-corrected chi connectivity index (χ1v) is 12.3. The summed E-state index contributed by atoms with van der Waals surface area (Å²) in [7, 11) is 1.31. The van der Waals surface area contributed by atoms with Crippen molar-refractivity contribution in [3.8, 4) is 0 Å². The summed E-state index contributed by atoms with van der Waals surface area (Å²) >= 11 is 12.2. The van der Waals surface area contributed by atoms with Gasteiger partial charge in [0.1, 0.15) is 5.69 Å². The second kappa shape index (κ2) is 12.0. The van der Waals surface area contributed by atoms with E-state index in [9.17, 15) is 14.4 Å². The maximum Gasteiger partial charge on any atom is 0.354 e. The first kappa shape index (κ1) is 27.2. The Labute approximate surface area is 215 Å². The minimum atomic E-state index is -0.498. The lowest BCUT2D eigenvalue weighted by Gasteiger charge is -2.30. The number of aromatic nitrogens is 1. The van der Waals surface area contributed by atoms with Crippen LogP contribution >= 0.6 is 23.2 Å². The second-order valence-corrected chi connectivity index (χ2v) is 9.22. The normalized spacial score (nSPS) is 14.1. The van der Waals surface area contributed by atoms with Gasteiger partial charge in [-0.05, 0) is 44.5 Å². The summed E-state index contributed by atoms with van der Waals surface area (Å²) in [6, 6.07) is 4.68. The number of hydrogen-bond acceptors (Lipinski definition) is 6. The van der Waals surface area contributed by atoms with Gasteiger partial charge in [0.15, 0.2) is 5.78 Å². The minimum absolute atomic E-state index is 0.139. The van der Waals surface area contributed by atoms with Crippen LogP contribution in [0.3, 0.4) is 0 Å². The van der Waals surface area contributed by atoms with E-state index in [4.69, 9.17) is 32.7 Å². The summed E-state index contributed by atoms with van der Waals surface area (Å²) < 4.78 is 12.1. The van der Waals surface area contributed by atoms with E-state index < -0.39 is 5.97 Å². The molecule has 0 radical (unpaired) electrons. The Balaban J connectivity index is 1.91. The average Bonchev–Trinajstić information content (AvgIpc) is 3.12. The largest absolute Gasteiger partial charge is 0.464 e. The molecule has 0 spiro atoms. The molecule has 1 aromatic carbocycles. The number of carbonyl (C=O) groups excluding carboxylic acids is 3. The van der Waals surface area contributed by atoms with Gasteiger partial charge in [-0.2, -0.15) is 0 Å². The first-order valence-electron chi connectivity index (χ1n) is 11.5. The number of hydrogen-bond donors (Lipinski definition) is 0. The number of ketones is 1. The number of halogens is 2. The summed E-state index contributed by atoms with van der Waals surface area (Å²) in [5.41, 5.74) is 2.36. The van der Waals surface area contributed by atoms with Gasteiger partial charge in [-0.25, -0.2) is 4.79 Å². The molecule has 1 aliphatic rings. The molecule has 0 atom stereocenters. The Bertz CT molecular complexity index is 1110. The van der Waals surface area contributed by atoms with E-state index in [2.05, 4.69) is 4.90 Å². The van der Waals surface area contributed by atoms with E-state index in [-0.39, 0.29) is 23.3 Å². The van der Waals surface area contributed by atoms with Gasteiger partial charge in [-0.15, -0.1) is 0 Å². The fourth-order valence-corrected chi connectivity index (χ4v) is 4.76. The van der Waals surface area contributed by atoms with Crippen LogP contribution in [0.25, 0.3) is 0 Å². The van der Waals surface area contributed by atoms with Crippen LogP contribution in [0.5, 0.6) is 0 Å². The Kier molecular flexibility index (Phi) is 9.35. The zero-order valence-electron chi connectivity index (χ0n) is 20.5. The Hall–Kier alpha value is -2.39. The highest BCUT2D eigenvalue weighted by atomic mass is 35.5. The Morgan fingerprint density at radius 3 is 2.40 bits per heavy atom. The summed E-state index contributed by atoms with van der Waals surface area (Å²) in [5.74, 6) is -1.06. The quantitative estimate of drug-likeness (QED) is 0.366. The molecule has 1 fully saturated rings. The van der Waals surface area contributed by atoms with Crippen molar-refractivity contribution >= 4 is 40.9 Å². The summed E-state index contributed by atoms with van der Waals surface area (Å²) in [5, 5.41) is 0.619. The van der Waals surface area contributed by atoms with Crippen LogP contribution in [0, 0.1) is 13.8 Å². The van der Waals surface area contributed by atoms with Gasteiger partial charge in [0.25, 0.3) is 5.91 Å². The van der Waals surface area contributed by atoms with E-state index in [0.717, 1.165) is 13.1 Å². The van der Waals surface area contributed by atoms with Gasteiger partial charge in [0, 0.05) is 49.5 Å². The number of carbonyl (C=O) groups is 3. The first-order chi connectivity index (χ1) is 16.7. The molecule has 3 rings (SSSR count). The number of methoxy groups -OCH3 is 1. The third kappa shape index (κ3) is 6.06. The average molecular weight is 524 g/mol. The van der Waals surface area contributed by atoms with Crippen LogP contribution in [0.15, 0.2) is 18.2 Å². The molecule has 1 amide bonds. The molecule has 1 aromatic heterocycles. The lowest BCUT2D eigenvalue weighted by Crippen LogP contribution is -2.44. The maximum atomic E-state index is 13.6. The zero-order chi connectivity index (χ0) is 25.7. The van der Waals surface area contributed by atoms with Crippen LogP contribution in [0.1, 0.15) is 49.4 Å². The van der Waals surface area contributed by atoms with E-state index in [1.807, 2.05) is 6.92 Å². The van der Waals surface area contributed by atoms with Crippen LogP contribution in [-0.2, 0) is 16.0 Å². The SMILES string of the molecule is CCn1c(C)c(C(=O)CN(CCN2CCOCC2)C(=O)c2ccc(Cl)c(Cl)c2)c(C)c1C(=O)OC. The fraction of sp³-hybridized carbons (Fsp3) is 0.480. The zero-order valence-corrected chi connectivity index (χ0v) is 22.0. The second-order valence-electron chi connectivity index (χ2n) is 8.40. The van der Waals surface area contributed by atoms with Crippen molar-refractivity contribution < 1.29 is 23.9 Å². The summed E-state index contributed by atoms with van der Waals surface area (Å²) in [4.78, 5) is 43.1. The molecule has 8 nitrogen and oxygen atoms in total. The van der Waals surface area contributed by atoms with E-state index in [1.165, 1.54) is 18.1 Å². The van der Waals surface area contributed by atoms with Crippen molar-refractivity contribution in [2.75, 3.05) is 53.0 Å².